The molecule has 1 aliphatic heterocycles. The van der Waals surface area contributed by atoms with Gasteiger partial charge in [0.05, 0.1) is 0 Å². The first-order chi connectivity index (χ1) is 13.2. The van der Waals surface area contributed by atoms with E-state index in [0.29, 0.717) is 13.1 Å². The highest BCUT2D eigenvalue weighted by Crippen LogP contribution is 2.18. The Morgan fingerprint density at radius 2 is 1.74 bits per heavy atom. The minimum absolute atomic E-state index is 0.0901. The SMILES string of the molecule is CCCN(CCC)c1cc(C(=O)N2CCN(c3ccccn3)CC2)ccn1. The molecule has 1 amide bonds. The van der Waals surface area contributed by atoms with E-state index in [1.165, 1.54) is 0 Å². The van der Waals surface area contributed by atoms with Crippen molar-refractivity contribution in [3.05, 3.63) is 48.3 Å². The third-order valence-electron chi connectivity index (χ3n) is 4.84. The lowest BCUT2D eigenvalue weighted by atomic mass is 10.2. The van der Waals surface area contributed by atoms with Crippen molar-refractivity contribution in [3.8, 4) is 0 Å². The summed E-state index contributed by atoms with van der Waals surface area (Å²) in [7, 11) is 0. The van der Waals surface area contributed by atoms with E-state index in [0.717, 1.165) is 56.2 Å². The van der Waals surface area contributed by atoms with Crippen molar-refractivity contribution in [2.75, 3.05) is 49.1 Å². The zero-order valence-corrected chi connectivity index (χ0v) is 16.3. The molecular formula is C21H29N5O. The van der Waals surface area contributed by atoms with Gasteiger partial charge in [0.15, 0.2) is 0 Å². The zero-order chi connectivity index (χ0) is 19.1. The number of anilines is 2. The van der Waals surface area contributed by atoms with Gasteiger partial charge in [0, 0.05) is 57.2 Å². The van der Waals surface area contributed by atoms with Gasteiger partial charge in [-0.3, -0.25) is 4.79 Å². The fourth-order valence-corrected chi connectivity index (χ4v) is 3.47. The van der Waals surface area contributed by atoms with Crippen LogP contribution >= 0.6 is 0 Å². The van der Waals surface area contributed by atoms with Gasteiger partial charge in [0.25, 0.3) is 5.91 Å². The molecule has 2 aromatic rings. The Morgan fingerprint density at radius 3 is 2.37 bits per heavy atom. The van der Waals surface area contributed by atoms with Crippen LogP contribution < -0.4 is 9.80 Å². The third-order valence-corrected chi connectivity index (χ3v) is 4.84. The maximum atomic E-state index is 13.0. The van der Waals surface area contributed by atoms with Crippen LogP contribution in [0.25, 0.3) is 0 Å². The molecule has 1 saturated heterocycles. The molecule has 6 nitrogen and oxygen atoms in total. The predicted octanol–water partition coefficient (Wildman–Crippen LogP) is 3.07. The lowest BCUT2D eigenvalue weighted by Crippen LogP contribution is -2.49. The molecule has 0 atom stereocenters. The Hall–Kier alpha value is -2.63. The quantitative estimate of drug-likeness (QED) is 0.753. The molecule has 2 aromatic heterocycles. The largest absolute Gasteiger partial charge is 0.357 e. The summed E-state index contributed by atoms with van der Waals surface area (Å²) < 4.78 is 0. The summed E-state index contributed by atoms with van der Waals surface area (Å²) in [5.74, 6) is 1.97. The molecular weight excluding hydrogens is 338 g/mol. The number of nitrogens with zero attached hydrogens (tertiary/aromatic N) is 5. The summed E-state index contributed by atoms with van der Waals surface area (Å²) in [6.45, 7) is 9.28. The second-order valence-corrected chi connectivity index (χ2v) is 6.86. The highest BCUT2D eigenvalue weighted by atomic mass is 16.2. The zero-order valence-electron chi connectivity index (χ0n) is 16.3. The van der Waals surface area contributed by atoms with Crippen LogP contribution in [0.15, 0.2) is 42.7 Å². The first kappa shape index (κ1) is 19.1. The molecule has 1 aliphatic rings. The number of amides is 1. The number of piperazine rings is 1. The van der Waals surface area contributed by atoms with E-state index in [9.17, 15) is 4.79 Å². The molecule has 0 bridgehead atoms. The van der Waals surface area contributed by atoms with Crippen molar-refractivity contribution in [3.63, 3.8) is 0 Å². The van der Waals surface area contributed by atoms with Crippen molar-refractivity contribution in [2.45, 2.75) is 26.7 Å². The van der Waals surface area contributed by atoms with Crippen molar-refractivity contribution in [1.29, 1.82) is 0 Å². The van der Waals surface area contributed by atoms with Gasteiger partial charge in [0.1, 0.15) is 11.6 Å². The summed E-state index contributed by atoms with van der Waals surface area (Å²) in [5, 5.41) is 0. The van der Waals surface area contributed by atoms with E-state index in [1.807, 2.05) is 41.4 Å². The van der Waals surface area contributed by atoms with E-state index in [4.69, 9.17) is 0 Å². The third kappa shape index (κ3) is 4.76. The van der Waals surface area contributed by atoms with Gasteiger partial charge >= 0.3 is 0 Å². The first-order valence-corrected chi connectivity index (χ1v) is 9.89. The van der Waals surface area contributed by atoms with Crippen LogP contribution in [0.5, 0.6) is 0 Å². The van der Waals surface area contributed by atoms with Crippen molar-refractivity contribution >= 4 is 17.5 Å². The van der Waals surface area contributed by atoms with Gasteiger partial charge < -0.3 is 14.7 Å². The Bertz CT molecular complexity index is 722. The monoisotopic (exact) mass is 367 g/mol. The number of rotatable bonds is 7. The standard InChI is InChI=1S/C21H29N5O/c1-3-11-24(12-4-2)20-17-18(8-10-23-20)21(27)26-15-13-25(14-16-26)19-7-5-6-9-22-19/h5-10,17H,3-4,11-16H2,1-2H3. The molecule has 0 radical (unpaired) electrons. The van der Waals surface area contributed by atoms with Gasteiger partial charge in [-0.2, -0.15) is 0 Å². The van der Waals surface area contributed by atoms with Crippen LogP contribution in [0, 0.1) is 0 Å². The maximum Gasteiger partial charge on any atom is 0.254 e. The fourth-order valence-electron chi connectivity index (χ4n) is 3.47. The Labute approximate surface area is 161 Å². The molecule has 0 aliphatic carbocycles. The summed E-state index contributed by atoms with van der Waals surface area (Å²) in [6.07, 6.45) is 5.69. The Kier molecular flexibility index (Phi) is 6.63. The summed E-state index contributed by atoms with van der Waals surface area (Å²) in [6, 6.07) is 9.70. The van der Waals surface area contributed by atoms with Crippen LogP contribution in [0.1, 0.15) is 37.0 Å². The number of carbonyl (C=O) groups excluding carboxylic acids is 1. The van der Waals surface area contributed by atoms with E-state index >= 15 is 0 Å². The lowest BCUT2D eigenvalue weighted by molar-refractivity contribution is 0.0746. The number of aromatic nitrogens is 2. The molecule has 6 heteroatoms. The molecule has 0 aromatic carbocycles. The number of hydrogen-bond acceptors (Lipinski definition) is 5. The van der Waals surface area contributed by atoms with Crippen LogP contribution in [0.4, 0.5) is 11.6 Å². The second kappa shape index (κ2) is 9.35. The molecule has 3 heterocycles. The van der Waals surface area contributed by atoms with E-state index in [1.54, 1.807) is 6.20 Å². The second-order valence-electron chi connectivity index (χ2n) is 6.86. The molecule has 0 unspecified atom stereocenters. The summed E-state index contributed by atoms with van der Waals surface area (Å²) >= 11 is 0. The fraction of sp³-hybridized carbons (Fsp3) is 0.476. The smallest absolute Gasteiger partial charge is 0.254 e. The molecule has 0 saturated carbocycles. The van der Waals surface area contributed by atoms with Crippen LogP contribution in [-0.2, 0) is 0 Å². The molecule has 3 rings (SSSR count). The van der Waals surface area contributed by atoms with Crippen molar-refractivity contribution in [2.24, 2.45) is 0 Å². The molecule has 0 N–H and O–H groups in total. The first-order valence-electron chi connectivity index (χ1n) is 9.89. The van der Waals surface area contributed by atoms with Crippen molar-refractivity contribution < 1.29 is 4.79 Å². The van der Waals surface area contributed by atoms with E-state index < -0.39 is 0 Å². The van der Waals surface area contributed by atoms with Crippen LogP contribution in [-0.4, -0.2) is 60.0 Å². The number of pyridine rings is 2. The Morgan fingerprint density at radius 1 is 1.00 bits per heavy atom. The minimum atomic E-state index is 0.0901. The molecule has 144 valence electrons. The highest BCUT2D eigenvalue weighted by molar-refractivity contribution is 5.95. The van der Waals surface area contributed by atoms with Gasteiger partial charge in [0.2, 0.25) is 0 Å². The van der Waals surface area contributed by atoms with Crippen molar-refractivity contribution in [1.82, 2.24) is 14.9 Å². The van der Waals surface area contributed by atoms with E-state index in [2.05, 4.69) is 33.6 Å². The maximum absolute atomic E-state index is 13.0. The van der Waals surface area contributed by atoms with Gasteiger partial charge in [-0.05, 0) is 37.1 Å². The number of hydrogen-bond donors (Lipinski definition) is 0. The Balaban J connectivity index is 1.65. The van der Waals surface area contributed by atoms with Crippen LogP contribution in [0.3, 0.4) is 0 Å². The number of carbonyl (C=O) groups is 1. The van der Waals surface area contributed by atoms with E-state index in [-0.39, 0.29) is 5.91 Å². The average molecular weight is 367 g/mol. The molecule has 0 spiro atoms. The average Bonchev–Trinajstić information content (AvgIpc) is 2.74. The van der Waals surface area contributed by atoms with Gasteiger partial charge in [-0.25, -0.2) is 9.97 Å². The molecule has 1 fully saturated rings. The molecule has 27 heavy (non-hydrogen) atoms. The summed E-state index contributed by atoms with van der Waals surface area (Å²) in [4.78, 5) is 28.3. The van der Waals surface area contributed by atoms with Gasteiger partial charge in [-0.15, -0.1) is 0 Å². The topological polar surface area (TPSA) is 52.6 Å². The lowest BCUT2D eigenvalue weighted by Gasteiger charge is -2.35. The van der Waals surface area contributed by atoms with Gasteiger partial charge in [-0.1, -0.05) is 19.9 Å². The van der Waals surface area contributed by atoms with Crippen LogP contribution in [0.2, 0.25) is 0 Å². The summed E-state index contributed by atoms with van der Waals surface area (Å²) in [5.41, 5.74) is 0.725. The normalized spacial score (nSPS) is 14.3. The minimum Gasteiger partial charge on any atom is -0.357 e. The highest BCUT2D eigenvalue weighted by Gasteiger charge is 2.23. The predicted molar refractivity (Wildman–Crippen MR) is 109 cm³/mol.